The molecule has 0 nitrogen and oxygen atoms in total. The van der Waals surface area contributed by atoms with Crippen molar-refractivity contribution in [1.82, 2.24) is 0 Å². The normalized spacial score (nSPS) is 9.24. The van der Waals surface area contributed by atoms with E-state index in [2.05, 4.69) is 27.7 Å². The van der Waals surface area contributed by atoms with Crippen molar-refractivity contribution in [1.29, 1.82) is 0 Å². The molecule has 0 spiro atoms. The summed E-state index contributed by atoms with van der Waals surface area (Å²) >= 11 is 3.41. The minimum atomic E-state index is 0. The molecule has 0 aromatic rings. The number of hydrogen-bond acceptors (Lipinski definition) is 0. The maximum absolute atomic E-state index is 2.30. The van der Waals surface area contributed by atoms with Crippen LogP contribution in [0, 0.1) is 11.8 Å². The zero-order valence-corrected chi connectivity index (χ0v) is 22.6. The Bertz CT molecular complexity index is 129. The molecule has 0 saturated heterocycles. The van der Waals surface area contributed by atoms with Crippen LogP contribution in [-0.2, 0) is 40.5 Å². The largest absolute Gasteiger partial charge is 2.00 e. The summed E-state index contributed by atoms with van der Waals surface area (Å²) in [6.45, 7) is 9.21. The topological polar surface area (TPSA) is 0 Å². The summed E-state index contributed by atoms with van der Waals surface area (Å²) in [6, 6.07) is 0. The molecular weight excluding hydrogens is 526 g/mol. The number of unbranched alkanes of at least 4 members (excludes halogenated alkanes) is 4. The van der Waals surface area contributed by atoms with Gasteiger partial charge in [-0.25, -0.2) is 0 Å². The molecule has 0 fully saturated rings. The van der Waals surface area contributed by atoms with Gasteiger partial charge in [0.25, 0.3) is 0 Å². The Morgan fingerprint density at radius 3 is 1.00 bits per heavy atom. The Labute approximate surface area is 183 Å². The first-order valence-electron chi connectivity index (χ1n) is 7.83. The van der Waals surface area contributed by atoms with Crippen molar-refractivity contribution in [2.24, 2.45) is 11.8 Å². The molecule has 0 aliphatic rings. The molecule has 5 heteroatoms. The van der Waals surface area contributed by atoms with Crippen LogP contribution in [0.5, 0.6) is 0 Å². The van der Waals surface area contributed by atoms with Gasteiger partial charge in [0.15, 0.2) is 0 Å². The second-order valence-corrected chi connectivity index (χ2v) is 8.84. The standard InChI is InChI=1S/2C8H17.3S.2Sn/c2*1-4-5-6-7-8(2)3;;;;;/h2*8H,1,4-7H2,2-3H3;;;;;/q;;3*-2;2*+3. The minimum Gasteiger partial charge on any atom is -2.00 e. The van der Waals surface area contributed by atoms with Crippen molar-refractivity contribution in [3.05, 3.63) is 0 Å². The van der Waals surface area contributed by atoms with Gasteiger partial charge in [-0.2, -0.15) is 0 Å². The van der Waals surface area contributed by atoms with Gasteiger partial charge in [0.2, 0.25) is 0 Å². The second kappa shape index (κ2) is 30.5. The molecule has 0 heterocycles. The summed E-state index contributed by atoms with van der Waals surface area (Å²) in [6.07, 6.45) is 11.6. The van der Waals surface area contributed by atoms with E-state index >= 15 is 0 Å². The molecule has 0 bridgehead atoms. The molecule has 0 amide bonds. The molecule has 0 aromatic carbocycles. The van der Waals surface area contributed by atoms with Gasteiger partial charge in [0.05, 0.1) is 0 Å². The fraction of sp³-hybridized carbons (Fsp3) is 1.00. The van der Waals surface area contributed by atoms with Gasteiger partial charge in [-0.1, -0.05) is 0 Å². The van der Waals surface area contributed by atoms with Crippen LogP contribution >= 0.6 is 0 Å². The molecule has 0 atom stereocenters. The van der Waals surface area contributed by atoms with Crippen LogP contribution in [0.1, 0.15) is 79.1 Å². The molecule has 0 rings (SSSR count). The van der Waals surface area contributed by atoms with E-state index < -0.39 is 0 Å². The van der Waals surface area contributed by atoms with Gasteiger partial charge in [-0.3, -0.25) is 0 Å². The van der Waals surface area contributed by atoms with Crippen LogP contribution in [0.25, 0.3) is 0 Å². The van der Waals surface area contributed by atoms with Gasteiger partial charge >= 0.3 is 145 Å². The molecule has 0 aliphatic heterocycles. The van der Waals surface area contributed by atoms with E-state index in [-0.39, 0.29) is 40.5 Å². The third-order valence-corrected chi connectivity index (χ3v) is 4.93. The van der Waals surface area contributed by atoms with E-state index in [0.717, 1.165) is 11.8 Å². The molecule has 124 valence electrons. The van der Waals surface area contributed by atoms with Crippen LogP contribution in [0.4, 0.5) is 0 Å². The van der Waals surface area contributed by atoms with Crippen LogP contribution < -0.4 is 0 Å². The summed E-state index contributed by atoms with van der Waals surface area (Å²) in [7, 11) is 0. The number of hydrogen-bond donors (Lipinski definition) is 0. The zero-order chi connectivity index (χ0) is 14.2. The van der Waals surface area contributed by atoms with Crippen LogP contribution in [0.2, 0.25) is 8.87 Å². The predicted molar refractivity (Wildman–Crippen MR) is 110 cm³/mol. The Morgan fingerprint density at radius 2 is 0.810 bits per heavy atom. The van der Waals surface area contributed by atoms with Crippen molar-refractivity contribution < 1.29 is 0 Å². The van der Waals surface area contributed by atoms with Gasteiger partial charge in [0.1, 0.15) is 0 Å². The van der Waals surface area contributed by atoms with Gasteiger partial charge in [0, 0.05) is 0 Å². The average Bonchev–Trinajstić information content (AvgIpc) is 2.31. The van der Waals surface area contributed by atoms with Crippen molar-refractivity contribution in [3.8, 4) is 0 Å². The van der Waals surface area contributed by atoms with Gasteiger partial charge in [-0.15, -0.1) is 0 Å². The van der Waals surface area contributed by atoms with Gasteiger partial charge in [-0.05, 0) is 0 Å². The fourth-order valence-electron chi connectivity index (χ4n) is 1.71. The van der Waals surface area contributed by atoms with E-state index in [1.54, 1.807) is 45.0 Å². The minimum absolute atomic E-state index is 0. The summed E-state index contributed by atoms with van der Waals surface area (Å²) in [4.78, 5) is 0. The summed E-state index contributed by atoms with van der Waals surface area (Å²) in [5.74, 6) is 1.82. The van der Waals surface area contributed by atoms with E-state index in [1.807, 2.05) is 0 Å². The van der Waals surface area contributed by atoms with Crippen molar-refractivity contribution in [2.45, 2.75) is 87.9 Å². The quantitative estimate of drug-likeness (QED) is 0.242. The molecule has 0 N–H and O–H groups in total. The Balaban J connectivity index is -0.0000000711. The van der Waals surface area contributed by atoms with E-state index in [9.17, 15) is 0 Å². The summed E-state index contributed by atoms with van der Waals surface area (Å²) < 4.78 is 2.90. The zero-order valence-electron chi connectivity index (χ0n) is 14.5. The second-order valence-electron chi connectivity index (χ2n) is 5.99. The SMILES string of the molecule is CC(C)CCCC[CH2][Sn+3].CC(C)CCCC[CH2][Sn+3].[S-2].[S-2].[S-2]. The fourth-order valence-corrected chi connectivity index (χ4v) is 3.14. The molecule has 0 aliphatic carbocycles. The first-order chi connectivity index (χ1) is 8.54. The molecule has 0 radical (unpaired) electrons. The predicted octanol–water partition coefficient (Wildman–Crippen LogP) is 5.57. The van der Waals surface area contributed by atoms with Gasteiger partial charge < -0.3 is 40.5 Å². The van der Waals surface area contributed by atoms with Crippen molar-refractivity contribution in [3.63, 3.8) is 0 Å². The van der Waals surface area contributed by atoms with E-state index in [4.69, 9.17) is 0 Å². The summed E-state index contributed by atoms with van der Waals surface area (Å²) in [5, 5.41) is 0. The molecule has 0 saturated carbocycles. The number of rotatable bonds is 10. The monoisotopic (exact) mass is 562 g/mol. The molecule has 0 aromatic heterocycles. The Hall–Kier alpha value is 2.65. The first kappa shape index (κ1) is 34.9. The van der Waals surface area contributed by atoms with Crippen molar-refractivity contribution >= 4 is 85.5 Å². The first-order valence-corrected chi connectivity index (χ1v) is 11.9. The van der Waals surface area contributed by atoms with Crippen LogP contribution in [0.3, 0.4) is 0 Å². The Kier molecular flexibility index (Phi) is 50.7. The maximum Gasteiger partial charge on any atom is -2.00 e. The molecule has 21 heavy (non-hydrogen) atoms. The third kappa shape index (κ3) is 45.0. The van der Waals surface area contributed by atoms with E-state index in [1.165, 1.54) is 60.2 Å². The smallest absolute Gasteiger partial charge is 2.00 e. The molecule has 0 unspecified atom stereocenters. The average molecular weight is 560 g/mol. The van der Waals surface area contributed by atoms with Crippen LogP contribution in [0.15, 0.2) is 0 Å². The summed E-state index contributed by atoms with van der Waals surface area (Å²) in [5.41, 5.74) is 0. The maximum atomic E-state index is 2.30. The molecular formula is C16H34S3Sn2. The third-order valence-electron chi connectivity index (χ3n) is 2.92. The Morgan fingerprint density at radius 1 is 0.524 bits per heavy atom. The van der Waals surface area contributed by atoms with Crippen LogP contribution in [-0.4, -0.2) is 45.0 Å². The van der Waals surface area contributed by atoms with Crippen molar-refractivity contribution in [2.75, 3.05) is 0 Å². The van der Waals surface area contributed by atoms with E-state index in [0.29, 0.717) is 0 Å².